The fourth-order valence-corrected chi connectivity index (χ4v) is 1.51. The lowest BCUT2D eigenvalue weighted by atomic mass is 10.1. The molecule has 0 aliphatic carbocycles. The van der Waals surface area contributed by atoms with Gasteiger partial charge in [-0.15, -0.1) is 5.10 Å². The Hall–Kier alpha value is -1.20. The van der Waals surface area contributed by atoms with Crippen LogP contribution in [-0.2, 0) is 0 Å². The maximum atomic E-state index is 10.0. The Balaban J connectivity index is 2.47. The number of aromatic nitrogens is 2. The first kappa shape index (κ1) is 12.9. The lowest BCUT2D eigenvalue weighted by Gasteiger charge is -2.27. The molecule has 0 spiro atoms. The van der Waals surface area contributed by atoms with Crippen LogP contribution < -0.4 is 5.32 Å². The van der Waals surface area contributed by atoms with Crippen molar-refractivity contribution in [2.24, 2.45) is 0 Å². The van der Waals surface area contributed by atoms with Crippen LogP contribution in [-0.4, -0.2) is 53.0 Å². The third kappa shape index (κ3) is 4.55. The molecule has 0 saturated carbocycles. The summed E-state index contributed by atoms with van der Waals surface area (Å²) < 4.78 is 0. The summed E-state index contributed by atoms with van der Waals surface area (Å²) in [7, 11) is 3.86. The third-order valence-electron chi connectivity index (χ3n) is 2.11. The Morgan fingerprint density at radius 2 is 2.06 bits per heavy atom. The van der Waals surface area contributed by atoms with Crippen molar-refractivity contribution >= 4 is 5.82 Å². The van der Waals surface area contributed by atoms with Gasteiger partial charge in [0, 0.05) is 13.1 Å². The van der Waals surface area contributed by atoms with Crippen LogP contribution >= 0.6 is 0 Å². The van der Waals surface area contributed by atoms with Gasteiger partial charge in [-0.3, -0.25) is 0 Å². The minimum atomic E-state index is -0.782. The molecule has 0 aliphatic rings. The van der Waals surface area contributed by atoms with Crippen molar-refractivity contribution in [1.82, 2.24) is 15.1 Å². The summed E-state index contributed by atoms with van der Waals surface area (Å²) in [6.07, 6.45) is 0. The molecule has 1 unspecified atom stereocenters. The first-order valence-corrected chi connectivity index (χ1v) is 5.30. The number of anilines is 1. The van der Waals surface area contributed by atoms with Crippen LogP contribution in [0.4, 0.5) is 5.82 Å². The molecule has 16 heavy (non-hydrogen) atoms. The van der Waals surface area contributed by atoms with Gasteiger partial charge in [0.2, 0.25) is 0 Å². The number of nitrogens with one attached hydrogen (secondary N) is 1. The average Bonchev–Trinajstić information content (AvgIpc) is 2.15. The first-order valence-electron chi connectivity index (χ1n) is 5.30. The van der Waals surface area contributed by atoms with E-state index in [2.05, 4.69) is 15.5 Å². The number of likely N-dealkylation sites (N-methyl/N-ethyl adjacent to an activating group) is 1. The van der Waals surface area contributed by atoms with Crippen molar-refractivity contribution < 1.29 is 5.11 Å². The third-order valence-corrected chi connectivity index (χ3v) is 2.11. The molecule has 5 nitrogen and oxygen atoms in total. The van der Waals surface area contributed by atoms with Gasteiger partial charge in [-0.1, -0.05) is 0 Å². The molecule has 1 aromatic rings. The molecule has 0 fully saturated rings. The second kappa shape index (κ2) is 5.23. The van der Waals surface area contributed by atoms with Crippen LogP contribution in [0, 0.1) is 6.92 Å². The average molecular weight is 224 g/mol. The monoisotopic (exact) mass is 224 g/mol. The predicted octanol–water partition coefficient (Wildman–Crippen LogP) is 0.510. The van der Waals surface area contributed by atoms with Crippen LogP contribution in [0.3, 0.4) is 0 Å². The Bertz CT molecular complexity index is 321. The second-order valence-corrected chi connectivity index (χ2v) is 4.65. The molecule has 1 aromatic heterocycles. The number of aliphatic hydroxyl groups is 1. The lowest BCUT2D eigenvalue weighted by Crippen LogP contribution is -2.43. The van der Waals surface area contributed by atoms with Crippen LogP contribution in [0.2, 0.25) is 0 Å². The highest BCUT2D eigenvalue weighted by Crippen LogP contribution is 2.07. The maximum absolute atomic E-state index is 10.0. The van der Waals surface area contributed by atoms with Crippen LogP contribution in [0.1, 0.15) is 12.6 Å². The predicted molar refractivity (Wildman–Crippen MR) is 64.4 cm³/mol. The van der Waals surface area contributed by atoms with Crippen molar-refractivity contribution in [2.75, 3.05) is 32.5 Å². The summed E-state index contributed by atoms with van der Waals surface area (Å²) in [5, 5.41) is 21.0. The number of nitrogens with zero attached hydrogens (tertiary/aromatic N) is 3. The lowest BCUT2D eigenvalue weighted by molar-refractivity contribution is 0.0459. The van der Waals surface area contributed by atoms with E-state index in [0.717, 1.165) is 5.69 Å². The van der Waals surface area contributed by atoms with Gasteiger partial charge in [-0.25, -0.2) is 0 Å². The molecule has 0 saturated heterocycles. The van der Waals surface area contributed by atoms with Crippen molar-refractivity contribution in [1.29, 1.82) is 0 Å². The van der Waals surface area contributed by atoms with Gasteiger partial charge in [-0.2, -0.15) is 5.10 Å². The molecule has 1 atom stereocenters. The molecule has 1 heterocycles. The Morgan fingerprint density at radius 3 is 2.56 bits per heavy atom. The number of hydrogen-bond donors (Lipinski definition) is 2. The number of aryl methyl sites for hydroxylation is 1. The summed E-state index contributed by atoms with van der Waals surface area (Å²) in [5.41, 5.74) is 0.0985. The molecule has 0 aromatic carbocycles. The highest BCUT2D eigenvalue weighted by Gasteiger charge is 2.20. The molecule has 0 radical (unpaired) electrons. The van der Waals surface area contributed by atoms with Gasteiger partial charge in [0.15, 0.2) is 0 Å². The van der Waals surface area contributed by atoms with E-state index in [1.54, 1.807) is 6.92 Å². The van der Waals surface area contributed by atoms with E-state index in [1.165, 1.54) is 0 Å². The fraction of sp³-hybridized carbons (Fsp3) is 0.636. The fourth-order valence-electron chi connectivity index (χ4n) is 1.51. The van der Waals surface area contributed by atoms with E-state index in [-0.39, 0.29) is 0 Å². The van der Waals surface area contributed by atoms with E-state index in [0.29, 0.717) is 18.9 Å². The Labute approximate surface area is 96.5 Å². The Morgan fingerprint density at radius 1 is 1.38 bits per heavy atom. The van der Waals surface area contributed by atoms with Gasteiger partial charge < -0.3 is 15.3 Å². The van der Waals surface area contributed by atoms with Crippen LogP contribution in [0.5, 0.6) is 0 Å². The largest absolute Gasteiger partial charge is 0.387 e. The van der Waals surface area contributed by atoms with Gasteiger partial charge in [0.05, 0.1) is 11.3 Å². The van der Waals surface area contributed by atoms with Crippen molar-refractivity contribution in [2.45, 2.75) is 19.4 Å². The SMILES string of the molecule is Cc1ccc(NCC(C)(O)CN(C)C)nn1. The highest BCUT2D eigenvalue weighted by molar-refractivity contribution is 5.33. The van der Waals surface area contributed by atoms with Crippen LogP contribution in [0.25, 0.3) is 0 Å². The number of rotatable bonds is 5. The van der Waals surface area contributed by atoms with E-state index in [4.69, 9.17) is 0 Å². The molecule has 1 rings (SSSR count). The van der Waals surface area contributed by atoms with E-state index >= 15 is 0 Å². The minimum Gasteiger partial charge on any atom is -0.387 e. The maximum Gasteiger partial charge on any atom is 0.148 e. The molecule has 5 heteroatoms. The highest BCUT2D eigenvalue weighted by atomic mass is 16.3. The smallest absolute Gasteiger partial charge is 0.148 e. The van der Waals surface area contributed by atoms with Crippen molar-refractivity contribution in [3.8, 4) is 0 Å². The minimum absolute atomic E-state index is 0.447. The van der Waals surface area contributed by atoms with E-state index in [1.807, 2.05) is 38.1 Å². The van der Waals surface area contributed by atoms with E-state index in [9.17, 15) is 5.11 Å². The quantitative estimate of drug-likeness (QED) is 0.763. The zero-order valence-electron chi connectivity index (χ0n) is 10.4. The molecule has 90 valence electrons. The Kier molecular flexibility index (Phi) is 4.20. The normalized spacial score (nSPS) is 14.9. The zero-order chi connectivity index (χ0) is 12.2. The van der Waals surface area contributed by atoms with Gasteiger partial charge in [0.1, 0.15) is 5.82 Å². The van der Waals surface area contributed by atoms with Crippen molar-refractivity contribution in [3.63, 3.8) is 0 Å². The van der Waals surface area contributed by atoms with Crippen LogP contribution in [0.15, 0.2) is 12.1 Å². The van der Waals surface area contributed by atoms with E-state index < -0.39 is 5.60 Å². The first-order chi connectivity index (χ1) is 7.39. The van der Waals surface area contributed by atoms with Gasteiger partial charge in [-0.05, 0) is 40.1 Å². The van der Waals surface area contributed by atoms with Gasteiger partial charge in [0.25, 0.3) is 0 Å². The molecule has 0 aliphatic heterocycles. The summed E-state index contributed by atoms with van der Waals surface area (Å²) in [4.78, 5) is 1.95. The molecule has 0 bridgehead atoms. The second-order valence-electron chi connectivity index (χ2n) is 4.65. The summed E-state index contributed by atoms with van der Waals surface area (Å²) in [6.45, 7) is 4.73. The summed E-state index contributed by atoms with van der Waals surface area (Å²) in [5.74, 6) is 0.685. The van der Waals surface area contributed by atoms with Crippen molar-refractivity contribution in [3.05, 3.63) is 17.8 Å². The van der Waals surface area contributed by atoms with Gasteiger partial charge >= 0.3 is 0 Å². The molecule has 0 amide bonds. The molecular formula is C11H20N4O. The number of hydrogen-bond acceptors (Lipinski definition) is 5. The standard InChI is InChI=1S/C11H20N4O/c1-9-5-6-10(14-13-9)12-7-11(2,16)8-15(3)4/h5-6,16H,7-8H2,1-4H3,(H,12,14). The molecular weight excluding hydrogens is 204 g/mol. The molecule has 2 N–H and O–H groups in total. The topological polar surface area (TPSA) is 61.3 Å². The summed E-state index contributed by atoms with van der Waals surface area (Å²) in [6, 6.07) is 3.74. The zero-order valence-corrected chi connectivity index (χ0v) is 10.4. The summed E-state index contributed by atoms with van der Waals surface area (Å²) >= 11 is 0.